The zero-order valence-electron chi connectivity index (χ0n) is 15.6. The quantitative estimate of drug-likeness (QED) is 0.306. The number of fused-ring (bicyclic) bond motifs is 2. The molecule has 5 aromatic rings. The maximum absolute atomic E-state index is 12.4. The number of thioether (sulfide) groups is 1. The van der Waals surface area contributed by atoms with Gasteiger partial charge in [0.05, 0.1) is 5.69 Å². The van der Waals surface area contributed by atoms with E-state index in [0.29, 0.717) is 11.4 Å². The summed E-state index contributed by atoms with van der Waals surface area (Å²) in [4.78, 5) is 28.1. The molecule has 5 rings (SSSR count). The van der Waals surface area contributed by atoms with Crippen LogP contribution in [0.5, 0.6) is 0 Å². The molecule has 0 aliphatic heterocycles. The Bertz CT molecular complexity index is 1390. The zero-order valence-corrected chi connectivity index (χ0v) is 17.2. The van der Waals surface area contributed by atoms with Crippen LogP contribution in [0.25, 0.3) is 26.3 Å². The van der Waals surface area contributed by atoms with Gasteiger partial charge >= 0.3 is 0 Å². The normalized spacial score (nSPS) is 11.3. The average Bonchev–Trinajstić information content (AvgIpc) is 3.17. The van der Waals surface area contributed by atoms with Gasteiger partial charge in [0.15, 0.2) is 0 Å². The van der Waals surface area contributed by atoms with Gasteiger partial charge in [-0.2, -0.15) is 0 Å². The van der Waals surface area contributed by atoms with Gasteiger partial charge in [-0.3, -0.25) is 9.20 Å². The Morgan fingerprint density at radius 1 is 1.07 bits per heavy atom. The summed E-state index contributed by atoms with van der Waals surface area (Å²) in [6, 6.07) is 17.8. The molecule has 0 saturated carbocycles. The molecule has 0 atom stereocenters. The molecule has 0 N–H and O–H groups in total. The van der Waals surface area contributed by atoms with Gasteiger partial charge in [-0.1, -0.05) is 42.1 Å². The maximum atomic E-state index is 12.4. The Hall–Kier alpha value is -3.03. The van der Waals surface area contributed by atoms with Crippen molar-refractivity contribution in [3.05, 3.63) is 88.7 Å². The number of nitrogens with zero attached hydrogens (tertiary/aromatic N) is 4. The summed E-state index contributed by atoms with van der Waals surface area (Å²) >= 11 is 3.24. The number of thiophene rings is 1. The summed E-state index contributed by atoms with van der Waals surface area (Å²) in [5, 5.41) is 1.94. The van der Waals surface area contributed by atoms with Crippen molar-refractivity contribution in [3.63, 3.8) is 0 Å². The van der Waals surface area contributed by atoms with E-state index in [1.54, 1.807) is 46.1 Å². The lowest BCUT2D eigenvalue weighted by molar-refractivity contribution is 1.00. The second-order valence-electron chi connectivity index (χ2n) is 6.68. The minimum absolute atomic E-state index is 0.0691. The lowest BCUT2D eigenvalue weighted by atomic mass is 10.2. The minimum Gasteiger partial charge on any atom is -0.269 e. The van der Waals surface area contributed by atoms with Gasteiger partial charge in [-0.25, -0.2) is 15.0 Å². The van der Waals surface area contributed by atoms with Crippen molar-refractivity contribution in [2.45, 2.75) is 17.7 Å². The first-order valence-electron chi connectivity index (χ1n) is 9.09. The lowest BCUT2D eigenvalue weighted by Crippen LogP contribution is -2.15. The van der Waals surface area contributed by atoms with E-state index >= 15 is 0 Å². The summed E-state index contributed by atoms with van der Waals surface area (Å²) in [6.45, 7) is 1.99. The molecule has 0 amide bonds. The molecular formula is C22H16N4OS2. The smallest absolute Gasteiger partial charge is 0.258 e. The molecule has 7 heteroatoms. The highest BCUT2D eigenvalue weighted by atomic mass is 32.2. The van der Waals surface area contributed by atoms with E-state index in [0.717, 1.165) is 26.5 Å². The van der Waals surface area contributed by atoms with Crippen LogP contribution in [0, 0.1) is 6.92 Å². The van der Waals surface area contributed by atoms with Crippen molar-refractivity contribution in [1.82, 2.24) is 19.4 Å². The van der Waals surface area contributed by atoms with Crippen LogP contribution >= 0.6 is 23.1 Å². The zero-order chi connectivity index (χ0) is 19.8. The third kappa shape index (κ3) is 3.54. The van der Waals surface area contributed by atoms with E-state index in [1.807, 2.05) is 37.3 Å². The first-order chi connectivity index (χ1) is 14.2. The molecule has 4 aromatic heterocycles. The molecular weight excluding hydrogens is 400 g/mol. The van der Waals surface area contributed by atoms with Crippen LogP contribution < -0.4 is 5.56 Å². The van der Waals surface area contributed by atoms with Gasteiger partial charge in [0, 0.05) is 28.3 Å². The van der Waals surface area contributed by atoms with Crippen molar-refractivity contribution >= 4 is 39.0 Å². The highest BCUT2D eigenvalue weighted by Gasteiger charge is 2.12. The number of aromatic nitrogens is 4. The van der Waals surface area contributed by atoms with E-state index < -0.39 is 0 Å². The van der Waals surface area contributed by atoms with E-state index in [4.69, 9.17) is 0 Å². The maximum Gasteiger partial charge on any atom is 0.258 e. The van der Waals surface area contributed by atoms with E-state index in [9.17, 15) is 4.79 Å². The van der Waals surface area contributed by atoms with Gasteiger partial charge in [-0.15, -0.1) is 11.3 Å². The largest absolute Gasteiger partial charge is 0.269 e. The van der Waals surface area contributed by atoms with Gasteiger partial charge in [0.25, 0.3) is 5.56 Å². The molecule has 4 heterocycles. The van der Waals surface area contributed by atoms with Gasteiger partial charge in [0.2, 0.25) is 0 Å². The van der Waals surface area contributed by atoms with E-state index in [-0.39, 0.29) is 5.56 Å². The average molecular weight is 417 g/mol. The van der Waals surface area contributed by atoms with Crippen LogP contribution in [0.1, 0.15) is 11.3 Å². The van der Waals surface area contributed by atoms with Crippen LogP contribution in [0.4, 0.5) is 0 Å². The summed E-state index contributed by atoms with van der Waals surface area (Å²) < 4.78 is 1.56. The Kier molecular flexibility index (Phi) is 4.61. The van der Waals surface area contributed by atoms with E-state index in [1.165, 1.54) is 10.4 Å². The van der Waals surface area contributed by atoms with Crippen LogP contribution in [0.3, 0.4) is 0 Å². The fourth-order valence-electron chi connectivity index (χ4n) is 3.16. The Morgan fingerprint density at radius 3 is 2.79 bits per heavy atom. The first kappa shape index (κ1) is 18.0. The molecule has 29 heavy (non-hydrogen) atoms. The Labute approximate surface area is 175 Å². The highest BCUT2D eigenvalue weighted by Crippen LogP contribution is 2.36. The van der Waals surface area contributed by atoms with Crippen LogP contribution in [-0.4, -0.2) is 19.4 Å². The van der Waals surface area contributed by atoms with Crippen molar-refractivity contribution in [3.8, 4) is 10.4 Å². The number of hydrogen-bond donors (Lipinski definition) is 0. The van der Waals surface area contributed by atoms with Crippen molar-refractivity contribution in [2.24, 2.45) is 0 Å². The number of pyridine rings is 1. The second kappa shape index (κ2) is 7.42. The summed E-state index contributed by atoms with van der Waals surface area (Å²) in [5.41, 5.74) is 3.59. The summed E-state index contributed by atoms with van der Waals surface area (Å²) in [6.07, 6.45) is 3.36. The molecule has 0 spiro atoms. The molecule has 0 aliphatic carbocycles. The van der Waals surface area contributed by atoms with Crippen LogP contribution in [0.2, 0.25) is 0 Å². The topological polar surface area (TPSA) is 60.2 Å². The SMILES string of the molecule is Cc1ccn2c(=O)cc(CSc3ncnc4sc(-c5ccccc5)cc34)nc2c1. The molecule has 0 saturated heterocycles. The molecule has 0 aliphatic rings. The second-order valence-corrected chi connectivity index (χ2v) is 8.68. The molecule has 0 fully saturated rings. The standard InChI is InChI=1S/C22H16N4OS2/c1-14-7-8-26-19(9-14)25-16(10-20(26)27)12-28-21-17-11-18(15-5-3-2-4-6-15)29-22(17)24-13-23-21/h2-11,13H,12H2,1H3. The van der Waals surface area contributed by atoms with Crippen molar-refractivity contribution in [2.75, 3.05) is 0 Å². The van der Waals surface area contributed by atoms with Gasteiger partial charge in [0.1, 0.15) is 21.8 Å². The summed E-state index contributed by atoms with van der Waals surface area (Å²) in [5.74, 6) is 0.572. The van der Waals surface area contributed by atoms with Crippen LogP contribution in [-0.2, 0) is 5.75 Å². The number of rotatable bonds is 4. The number of benzene rings is 1. The molecule has 5 nitrogen and oxygen atoms in total. The van der Waals surface area contributed by atoms with Crippen LogP contribution in [0.15, 0.2) is 76.9 Å². The van der Waals surface area contributed by atoms with Crippen molar-refractivity contribution < 1.29 is 0 Å². The Balaban J connectivity index is 1.47. The predicted octanol–water partition coefficient (Wildman–Crippen LogP) is 4.97. The molecule has 1 aromatic carbocycles. The Morgan fingerprint density at radius 2 is 1.93 bits per heavy atom. The molecule has 0 radical (unpaired) electrons. The number of hydrogen-bond acceptors (Lipinski definition) is 6. The molecule has 0 unspecified atom stereocenters. The monoisotopic (exact) mass is 416 g/mol. The lowest BCUT2D eigenvalue weighted by Gasteiger charge is -2.05. The number of aryl methyl sites for hydroxylation is 1. The molecule has 142 valence electrons. The highest BCUT2D eigenvalue weighted by molar-refractivity contribution is 7.98. The molecule has 0 bridgehead atoms. The predicted molar refractivity (Wildman–Crippen MR) is 119 cm³/mol. The third-order valence-corrected chi connectivity index (χ3v) is 6.71. The third-order valence-electron chi connectivity index (χ3n) is 4.58. The van der Waals surface area contributed by atoms with Gasteiger partial charge < -0.3 is 0 Å². The van der Waals surface area contributed by atoms with E-state index in [2.05, 4.69) is 33.2 Å². The first-order valence-corrected chi connectivity index (χ1v) is 10.9. The fourth-order valence-corrected chi connectivity index (χ4v) is 5.10. The minimum atomic E-state index is -0.0691. The van der Waals surface area contributed by atoms with Gasteiger partial charge in [-0.05, 0) is 36.2 Å². The summed E-state index contributed by atoms with van der Waals surface area (Å²) in [7, 11) is 0. The fraction of sp³-hybridized carbons (Fsp3) is 0.0909. The van der Waals surface area contributed by atoms with Crippen molar-refractivity contribution in [1.29, 1.82) is 0 Å².